The molecule has 5 nitrogen and oxygen atoms in total. The number of para-hydroxylation sites is 1. The van der Waals surface area contributed by atoms with Crippen LogP contribution in [0.1, 0.15) is 30.1 Å². The average molecular weight is 337 g/mol. The summed E-state index contributed by atoms with van der Waals surface area (Å²) >= 11 is 0. The van der Waals surface area contributed by atoms with Crippen LogP contribution in [-0.2, 0) is 0 Å². The average Bonchev–Trinajstić information content (AvgIpc) is 2.63. The highest BCUT2D eigenvalue weighted by Gasteiger charge is 2.11. The molecule has 3 rings (SSSR count). The number of unbranched alkanes of at least 4 members (excludes halogenated alkanes) is 1. The Morgan fingerprint density at radius 2 is 1.92 bits per heavy atom. The molecule has 0 fully saturated rings. The van der Waals surface area contributed by atoms with Gasteiger partial charge in [-0.3, -0.25) is 9.59 Å². The molecular weight excluding hydrogens is 318 g/mol. The molecule has 0 unspecified atom stereocenters. The predicted molar refractivity (Wildman–Crippen MR) is 97.3 cm³/mol. The summed E-state index contributed by atoms with van der Waals surface area (Å²) in [5.74, 6) is 0.459. The fourth-order valence-corrected chi connectivity index (χ4v) is 2.44. The van der Waals surface area contributed by atoms with E-state index in [1.54, 1.807) is 42.5 Å². The number of hydrogen-bond acceptors (Lipinski definition) is 4. The van der Waals surface area contributed by atoms with Gasteiger partial charge in [0.25, 0.3) is 5.91 Å². The van der Waals surface area contributed by atoms with E-state index in [2.05, 4.69) is 12.2 Å². The summed E-state index contributed by atoms with van der Waals surface area (Å²) in [5.41, 5.74) is 1.18. The molecule has 25 heavy (non-hydrogen) atoms. The van der Waals surface area contributed by atoms with Gasteiger partial charge in [-0.15, -0.1) is 0 Å². The van der Waals surface area contributed by atoms with Gasteiger partial charge in [0.15, 0.2) is 11.0 Å². The summed E-state index contributed by atoms with van der Waals surface area (Å²) in [4.78, 5) is 24.3. The Hall–Kier alpha value is -3.08. The number of fused-ring (bicyclic) bond motifs is 1. The smallest absolute Gasteiger partial charge is 0.255 e. The Labute approximate surface area is 145 Å². The van der Waals surface area contributed by atoms with Crippen LogP contribution in [0, 0.1) is 0 Å². The zero-order valence-electron chi connectivity index (χ0n) is 14.0. The van der Waals surface area contributed by atoms with Crippen molar-refractivity contribution >= 4 is 22.6 Å². The highest BCUT2D eigenvalue weighted by molar-refractivity contribution is 6.07. The van der Waals surface area contributed by atoms with Gasteiger partial charge in [-0.2, -0.15) is 0 Å². The largest absolute Gasteiger partial charge is 0.494 e. The maximum absolute atomic E-state index is 12.4. The van der Waals surface area contributed by atoms with E-state index in [0.717, 1.165) is 18.6 Å². The summed E-state index contributed by atoms with van der Waals surface area (Å²) in [7, 11) is 0. The van der Waals surface area contributed by atoms with E-state index < -0.39 is 0 Å². The topological polar surface area (TPSA) is 68.5 Å². The van der Waals surface area contributed by atoms with Gasteiger partial charge < -0.3 is 14.5 Å². The number of carbonyl (C=O) groups is 1. The number of carbonyl (C=O) groups excluding carboxylic acids is 1. The van der Waals surface area contributed by atoms with Gasteiger partial charge in [-0.25, -0.2) is 0 Å². The van der Waals surface area contributed by atoms with Crippen molar-refractivity contribution in [3.63, 3.8) is 0 Å². The number of rotatable bonds is 6. The standard InChI is InChI=1S/C20H19NO4/c1-2-3-12-24-15-9-7-14(8-10-15)20(23)21-17-6-4-5-16-18(22)11-13-25-19(16)17/h4-11,13H,2-3,12H2,1H3,(H,21,23). The molecule has 0 aliphatic rings. The van der Waals surface area contributed by atoms with Crippen molar-refractivity contribution in [1.29, 1.82) is 0 Å². The fourth-order valence-electron chi connectivity index (χ4n) is 2.44. The quantitative estimate of drug-likeness (QED) is 0.684. The highest BCUT2D eigenvalue weighted by atomic mass is 16.5. The van der Waals surface area contributed by atoms with Crippen LogP contribution in [0.3, 0.4) is 0 Å². The molecule has 1 heterocycles. The SMILES string of the molecule is CCCCOc1ccc(C(=O)Nc2cccc3c(=O)ccoc23)cc1. The number of anilines is 1. The van der Waals surface area contributed by atoms with Gasteiger partial charge in [0, 0.05) is 11.6 Å². The lowest BCUT2D eigenvalue weighted by molar-refractivity contribution is 0.102. The minimum atomic E-state index is -0.279. The molecule has 0 saturated carbocycles. The van der Waals surface area contributed by atoms with Gasteiger partial charge >= 0.3 is 0 Å². The van der Waals surface area contributed by atoms with E-state index >= 15 is 0 Å². The van der Waals surface area contributed by atoms with Crippen molar-refractivity contribution in [3.8, 4) is 5.75 Å². The minimum absolute atomic E-state index is 0.147. The summed E-state index contributed by atoms with van der Waals surface area (Å²) in [6, 6.07) is 13.4. The summed E-state index contributed by atoms with van der Waals surface area (Å²) < 4.78 is 11.0. The molecule has 1 aromatic heterocycles. The third-order valence-electron chi connectivity index (χ3n) is 3.82. The van der Waals surface area contributed by atoms with Crippen LogP contribution in [0.4, 0.5) is 5.69 Å². The molecule has 5 heteroatoms. The molecule has 0 spiro atoms. The number of hydrogen-bond donors (Lipinski definition) is 1. The Morgan fingerprint density at radius 3 is 2.68 bits per heavy atom. The Kier molecular flexibility index (Phi) is 5.14. The fraction of sp³-hybridized carbons (Fsp3) is 0.200. The maximum atomic E-state index is 12.4. The third-order valence-corrected chi connectivity index (χ3v) is 3.82. The molecule has 3 aromatic rings. The predicted octanol–water partition coefficient (Wildman–Crippen LogP) is 4.22. The number of nitrogens with one attached hydrogen (secondary N) is 1. The van der Waals surface area contributed by atoms with Crippen molar-refractivity contribution in [2.75, 3.05) is 11.9 Å². The Bertz CT molecular complexity index is 928. The van der Waals surface area contributed by atoms with Crippen LogP contribution >= 0.6 is 0 Å². The second-order valence-corrected chi connectivity index (χ2v) is 5.65. The lowest BCUT2D eigenvalue weighted by Gasteiger charge is -2.09. The molecule has 128 valence electrons. The zero-order valence-corrected chi connectivity index (χ0v) is 14.0. The van der Waals surface area contributed by atoms with Gasteiger partial charge in [0.05, 0.1) is 23.9 Å². The van der Waals surface area contributed by atoms with Crippen LogP contribution in [0.25, 0.3) is 11.0 Å². The number of ether oxygens (including phenoxy) is 1. The molecule has 0 atom stereocenters. The van der Waals surface area contributed by atoms with Gasteiger partial charge in [-0.1, -0.05) is 19.4 Å². The molecule has 0 bridgehead atoms. The van der Waals surface area contributed by atoms with E-state index in [4.69, 9.17) is 9.15 Å². The van der Waals surface area contributed by atoms with E-state index in [1.807, 2.05) is 0 Å². The Balaban J connectivity index is 1.76. The van der Waals surface area contributed by atoms with E-state index in [9.17, 15) is 9.59 Å². The van der Waals surface area contributed by atoms with Crippen LogP contribution in [0.5, 0.6) is 5.75 Å². The van der Waals surface area contributed by atoms with Crippen molar-refractivity contribution in [2.24, 2.45) is 0 Å². The van der Waals surface area contributed by atoms with Crippen LogP contribution in [-0.4, -0.2) is 12.5 Å². The van der Waals surface area contributed by atoms with Crippen LogP contribution in [0.2, 0.25) is 0 Å². The molecule has 1 amide bonds. The van der Waals surface area contributed by atoms with Crippen molar-refractivity contribution in [1.82, 2.24) is 0 Å². The summed E-state index contributed by atoms with van der Waals surface area (Å²) in [6.45, 7) is 2.77. The summed E-state index contributed by atoms with van der Waals surface area (Å²) in [5, 5.41) is 3.22. The Morgan fingerprint density at radius 1 is 1.12 bits per heavy atom. The first kappa shape index (κ1) is 16.8. The molecule has 0 saturated heterocycles. The maximum Gasteiger partial charge on any atom is 0.255 e. The molecule has 0 aliphatic heterocycles. The molecular formula is C20H19NO4. The van der Waals surface area contributed by atoms with Gasteiger partial charge in [0.1, 0.15) is 5.75 Å². The molecule has 2 aromatic carbocycles. The lowest BCUT2D eigenvalue weighted by Crippen LogP contribution is -2.12. The third kappa shape index (κ3) is 3.88. The molecule has 1 N–H and O–H groups in total. The van der Waals surface area contributed by atoms with Crippen molar-refractivity contribution < 1.29 is 13.9 Å². The normalized spacial score (nSPS) is 10.6. The lowest BCUT2D eigenvalue weighted by atomic mass is 10.1. The van der Waals surface area contributed by atoms with Gasteiger partial charge in [0.2, 0.25) is 0 Å². The first-order valence-corrected chi connectivity index (χ1v) is 8.24. The van der Waals surface area contributed by atoms with Gasteiger partial charge in [-0.05, 0) is 42.8 Å². The second-order valence-electron chi connectivity index (χ2n) is 5.65. The number of benzene rings is 2. The monoisotopic (exact) mass is 337 g/mol. The van der Waals surface area contributed by atoms with Crippen LogP contribution < -0.4 is 15.5 Å². The van der Waals surface area contributed by atoms with E-state index in [-0.39, 0.29) is 11.3 Å². The highest BCUT2D eigenvalue weighted by Crippen LogP contribution is 2.22. The molecule has 0 aliphatic carbocycles. The number of amides is 1. The first-order chi connectivity index (χ1) is 12.2. The zero-order chi connectivity index (χ0) is 17.6. The summed E-state index contributed by atoms with van der Waals surface area (Å²) in [6.07, 6.45) is 3.39. The van der Waals surface area contributed by atoms with Crippen LogP contribution in [0.15, 0.2) is 64.0 Å². The van der Waals surface area contributed by atoms with Crippen molar-refractivity contribution in [3.05, 3.63) is 70.6 Å². The molecule has 0 radical (unpaired) electrons. The van der Waals surface area contributed by atoms with E-state index in [1.165, 1.54) is 12.3 Å². The minimum Gasteiger partial charge on any atom is -0.494 e. The van der Waals surface area contributed by atoms with Crippen molar-refractivity contribution in [2.45, 2.75) is 19.8 Å². The second kappa shape index (κ2) is 7.66. The first-order valence-electron chi connectivity index (χ1n) is 8.24. The van der Waals surface area contributed by atoms with E-state index in [0.29, 0.717) is 28.8 Å².